The lowest BCUT2D eigenvalue weighted by Crippen LogP contribution is -2.39. The van der Waals surface area contributed by atoms with Gasteiger partial charge in [0.2, 0.25) is 0 Å². The Bertz CT molecular complexity index is 489. The monoisotopic (exact) mass is 304 g/mol. The molecule has 1 N–H and O–H groups in total. The molecular formula is C17H28N4O. The lowest BCUT2D eigenvalue weighted by atomic mass is 9.99. The van der Waals surface area contributed by atoms with Crippen LogP contribution in [0.4, 0.5) is 5.69 Å². The van der Waals surface area contributed by atoms with Crippen molar-refractivity contribution in [1.29, 1.82) is 0 Å². The number of pyridine rings is 1. The summed E-state index contributed by atoms with van der Waals surface area (Å²) in [6.07, 6.45) is 8.42. The minimum Gasteiger partial charge on any atom is -0.367 e. The molecule has 0 radical (unpaired) electrons. The molecule has 0 aliphatic carbocycles. The molecule has 5 heteroatoms. The predicted molar refractivity (Wildman–Crippen MR) is 90.4 cm³/mol. The summed E-state index contributed by atoms with van der Waals surface area (Å²) in [6.45, 7) is 4.78. The van der Waals surface area contributed by atoms with Crippen LogP contribution in [0.1, 0.15) is 43.0 Å². The van der Waals surface area contributed by atoms with Crippen molar-refractivity contribution in [3.05, 3.63) is 24.0 Å². The average molecular weight is 304 g/mol. The number of nitrogens with one attached hydrogen (secondary N) is 1. The highest BCUT2D eigenvalue weighted by Crippen LogP contribution is 2.26. The molecule has 0 saturated carbocycles. The van der Waals surface area contributed by atoms with E-state index in [-0.39, 0.29) is 5.91 Å². The Labute approximate surface area is 133 Å². The smallest absolute Gasteiger partial charge is 0.252 e. The van der Waals surface area contributed by atoms with Crippen molar-refractivity contribution in [2.24, 2.45) is 0 Å². The van der Waals surface area contributed by atoms with Gasteiger partial charge in [-0.25, -0.2) is 0 Å². The maximum atomic E-state index is 12.2. The van der Waals surface area contributed by atoms with E-state index in [0.29, 0.717) is 18.2 Å². The molecule has 2 heterocycles. The first-order chi connectivity index (χ1) is 10.6. The fourth-order valence-electron chi connectivity index (χ4n) is 2.97. The first-order valence-corrected chi connectivity index (χ1v) is 8.26. The Morgan fingerprint density at radius 2 is 2.23 bits per heavy atom. The maximum absolute atomic E-state index is 12.2. The number of likely N-dealkylation sites (N-methyl/N-ethyl adjacent to an activating group) is 1. The molecule has 5 nitrogen and oxygen atoms in total. The van der Waals surface area contributed by atoms with E-state index in [9.17, 15) is 4.79 Å². The molecule has 1 aliphatic rings. The van der Waals surface area contributed by atoms with Gasteiger partial charge in [0, 0.05) is 31.9 Å². The average Bonchev–Trinajstić information content (AvgIpc) is 2.54. The van der Waals surface area contributed by atoms with Crippen molar-refractivity contribution in [3.63, 3.8) is 0 Å². The number of hydrogen-bond acceptors (Lipinski definition) is 4. The van der Waals surface area contributed by atoms with Gasteiger partial charge in [-0.15, -0.1) is 0 Å². The van der Waals surface area contributed by atoms with Crippen molar-refractivity contribution in [2.75, 3.05) is 38.6 Å². The number of rotatable bonds is 6. The van der Waals surface area contributed by atoms with Crippen LogP contribution in [0, 0.1) is 0 Å². The zero-order valence-corrected chi connectivity index (χ0v) is 14.0. The lowest BCUT2D eigenvalue weighted by molar-refractivity contribution is 0.0950. The number of hydrogen-bond donors (Lipinski definition) is 1. The van der Waals surface area contributed by atoms with Crippen LogP contribution in [0.2, 0.25) is 0 Å². The van der Waals surface area contributed by atoms with Crippen molar-refractivity contribution < 1.29 is 4.79 Å². The Kier molecular flexibility index (Phi) is 6.19. The van der Waals surface area contributed by atoms with Crippen LogP contribution in [0.5, 0.6) is 0 Å². The van der Waals surface area contributed by atoms with Crippen molar-refractivity contribution >= 4 is 11.6 Å². The molecule has 0 spiro atoms. The zero-order valence-electron chi connectivity index (χ0n) is 14.0. The quantitative estimate of drug-likeness (QED) is 0.875. The van der Waals surface area contributed by atoms with Gasteiger partial charge >= 0.3 is 0 Å². The summed E-state index contributed by atoms with van der Waals surface area (Å²) < 4.78 is 0. The van der Waals surface area contributed by atoms with E-state index < -0.39 is 0 Å². The zero-order chi connectivity index (χ0) is 15.9. The number of amides is 1. The molecule has 0 aromatic carbocycles. The van der Waals surface area contributed by atoms with Gasteiger partial charge in [-0.3, -0.25) is 9.78 Å². The summed E-state index contributed by atoms with van der Waals surface area (Å²) in [4.78, 5) is 21.0. The third-order valence-electron chi connectivity index (χ3n) is 4.26. The van der Waals surface area contributed by atoms with E-state index in [1.807, 2.05) is 26.4 Å². The Morgan fingerprint density at radius 1 is 1.41 bits per heavy atom. The highest BCUT2D eigenvalue weighted by molar-refractivity contribution is 5.94. The van der Waals surface area contributed by atoms with Crippen LogP contribution in [-0.2, 0) is 0 Å². The van der Waals surface area contributed by atoms with Crippen LogP contribution in [0.25, 0.3) is 0 Å². The van der Waals surface area contributed by atoms with E-state index >= 15 is 0 Å². The van der Waals surface area contributed by atoms with Crippen LogP contribution in [-0.4, -0.2) is 55.6 Å². The third kappa shape index (κ3) is 4.44. The first-order valence-electron chi connectivity index (χ1n) is 8.26. The fourth-order valence-corrected chi connectivity index (χ4v) is 2.97. The van der Waals surface area contributed by atoms with Gasteiger partial charge in [0.15, 0.2) is 0 Å². The van der Waals surface area contributed by atoms with Crippen LogP contribution >= 0.6 is 0 Å². The normalized spacial score (nSPS) is 18.5. The second-order valence-electron chi connectivity index (χ2n) is 6.24. The molecule has 2 rings (SSSR count). The number of piperidine rings is 1. The third-order valence-corrected chi connectivity index (χ3v) is 4.26. The van der Waals surface area contributed by atoms with E-state index in [4.69, 9.17) is 0 Å². The Hall–Kier alpha value is -1.62. The minimum absolute atomic E-state index is 0.0405. The maximum Gasteiger partial charge on any atom is 0.252 e. The molecule has 1 amide bonds. The highest BCUT2D eigenvalue weighted by Gasteiger charge is 2.22. The van der Waals surface area contributed by atoms with E-state index in [2.05, 4.69) is 27.0 Å². The topological polar surface area (TPSA) is 48.5 Å². The van der Waals surface area contributed by atoms with E-state index in [1.165, 1.54) is 19.3 Å². The lowest BCUT2D eigenvalue weighted by Gasteiger charge is -2.37. The highest BCUT2D eigenvalue weighted by atomic mass is 16.1. The molecule has 1 fully saturated rings. The van der Waals surface area contributed by atoms with E-state index in [1.54, 1.807) is 6.20 Å². The number of carbonyl (C=O) groups is 1. The van der Waals surface area contributed by atoms with Crippen LogP contribution in [0.3, 0.4) is 0 Å². The fraction of sp³-hybridized carbons (Fsp3) is 0.647. The second-order valence-corrected chi connectivity index (χ2v) is 6.24. The number of aromatic nitrogens is 1. The SMILES string of the molecule is CCC1CCCCN1c1cncc(C(=O)NCCN(C)C)c1. The van der Waals surface area contributed by atoms with Crippen LogP contribution in [0.15, 0.2) is 18.5 Å². The molecule has 1 aliphatic heterocycles. The molecule has 1 aromatic heterocycles. The van der Waals surface area contributed by atoms with Gasteiger partial charge in [-0.2, -0.15) is 0 Å². The van der Waals surface area contributed by atoms with Crippen molar-refractivity contribution in [2.45, 2.75) is 38.6 Å². The summed E-state index contributed by atoms with van der Waals surface area (Å²) in [5.74, 6) is -0.0405. The molecule has 1 unspecified atom stereocenters. The molecule has 1 aromatic rings. The van der Waals surface area contributed by atoms with Crippen LogP contribution < -0.4 is 10.2 Å². The van der Waals surface area contributed by atoms with Crippen molar-refractivity contribution in [3.8, 4) is 0 Å². The first kappa shape index (κ1) is 16.7. The van der Waals surface area contributed by atoms with Gasteiger partial charge in [0.25, 0.3) is 5.91 Å². The largest absolute Gasteiger partial charge is 0.367 e. The molecule has 0 bridgehead atoms. The minimum atomic E-state index is -0.0405. The molecule has 1 saturated heterocycles. The van der Waals surface area contributed by atoms with Crippen molar-refractivity contribution in [1.82, 2.24) is 15.2 Å². The van der Waals surface area contributed by atoms with Gasteiger partial charge in [-0.1, -0.05) is 6.92 Å². The van der Waals surface area contributed by atoms with Gasteiger partial charge in [-0.05, 0) is 45.8 Å². The number of anilines is 1. The second kappa shape index (κ2) is 8.13. The summed E-state index contributed by atoms with van der Waals surface area (Å²) in [7, 11) is 3.99. The van der Waals surface area contributed by atoms with Gasteiger partial charge in [0.05, 0.1) is 17.4 Å². The number of nitrogens with zero attached hydrogens (tertiary/aromatic N) is 3. The molecule has 122 valence electrons. The van der Waals surface area contributed by atoms with E-state index in [0.717, 1.165) is 25.2 Å². The Morgan fingerprint density at radius 3 is 2.95 bits per heavy atom. The molecular weight excluding hydrogens is 276 g/mol. The molecule has 1 atom stereocenters. The number of carbonyl (C=O) groups excluding carboxylic acids is 1. The molecule has 22 heavy (non-hydrogen) atoms. The summed E-state index contributed by atoms with van der Waals surface area (Å²) in [5.41, 5.74) is 1.73. The summed E-state index contributed by atoms with van der Waals surface area (Å²) in [5, 5.41) is 2.95. The standard InChI is InChI=1S/C17H28N4O/c1-4-15-7-5-6-9-21(15)16-11-14(12-18-13-16)17(22)19-8-10-20(2)3/h11-13,15H,4-10H2,1-3H3,(H,19,22). The predicted octanol–water partition coefficient (Wildman–Crippen LogP) is 2.14. The summed E-state index contributed by atoms with van der Waals surface area (Å²) in [6, 6.07) is 2.55. The summed E-state index contributed by atoms with van der Waals surface area (Å²) >= 11 is 0. The van der Waals surface area contributed by atoms with Gasteiger partial charge < -0.3 is 15.1 Å². The Balaban J connectivity index is 2.04. The van der Waals surface area contributed by atoms with Gasteiger partial charge in [0.1, 0.15) is 0 Å².